The van der Waals surface area contributed by atoms with Gasteiger partial charge in [-0.1, -0.05) is 17.7 Å². The number of benzene rings is 1. The number of anilines is 1. The highest BCUT2D eigenvalue weighted by Crippen LogP contribution is 2.37. The maximum absolute atomic E-state index is 11.0. The number of nitrogens with zero attached hydrogens (tertiary/aromatic N) is 2. The number of fused-ring (bicyclic) bond motifs is 1. The Morgan fingerprint density at radius 2 is 2.09 bits per heavy atom. The third kappa shape index (κ3) is 5.48. The van der Waals surface area contributed by atoms with Crippen molar-refractivity contribution in [2.75, 3.05) is 19.0 Å². The number of hydrogen-bond acceptors (Lipinski definition) is 9. The Morgan fingerprint density at radius 3 is 2.84 bits per heavy atom. The van der Waals surface area contributed by atoms with Gasteiger partial charge in [-0.2, -0.15) is 8.42 Å². The summed E-state index contributed by atoms with van der Waals surface area (Å²) in [5.41, 5.74) is 2.22. The first-order chi connectivity index (χ1) is 15.2. The van der Waals surface area contributed by atoms with Crippen LogP contribution >= 0.6 is 11.6 Å². The highest BCUT2D eigenvalue weighted by Gasteiger charge is 2.36. The predicted molar refractivity (Wildman–Crippen MR) is 117 cm³/mol. The second kappa shape index (κ2) is 9.46. The SMILES string of the molecule is CO[C@H]1Cc2cc(Cl)ccc2[C@H]1Nc1cc(OC2CC(O)C(COS(N)(=O)=O)C2)ncn1. The predicted octanol–water partition coefficient (Wildman–Crippen LogP) is 1.59. The molecule has 1 saturated carbocycles. The van der Waals surface area contributed by atoms with Crippen LogP contribution in [0.2, 0.25) is 5.02 Å². The molecule has 3 unspecified atom stereocenters. The van der Waals surface area contributed by atoms with E-state index < -0.39 is 22.3 Å². The Morgan fingerprint density at radius 1 is 1.28 bits per heavy atom. The summed E-state index contributed by atoms with van der Waals surface area (Å²) in [7, 11) is -2.39. The lowest BCUT2D eigenvalue weighted by atomic mass is 10.1. The summed E-state index contributed by atoms with van der Waals surface area (Å²) in [4.78, 5) is 8.45. The molecule has 1 aromatic heterocycles. The van der Waals surface area contributed by atoms with Gasteiger partial charge in [0.2, 0.25) is 5.88 Å². The molecule has 12 heteroatoms. The standard InChI is InChI=1S/C20H25ClN4O6S/c1-29-17-6-11-4-13(21)2-3-15(11)20(17)25-18-8-19(24-10-23-18)31-14-5-12(16(26)7-14)9-30-32(22,27)28/h2-4,8,10,12,14,16-17,20,26H,5-7,9H2,1H3,(H2,22,27,28)(H,23,24,25)/t12?,14?,16?,17-,20+/m0/s1. The van der Waals surface area contributed by atoms with Crippen molar-refractivity contribution in [3.63, 3.8) is 0 Å². The van der Waals surface area contributed by atoms with Crippen LogP contribution in [0.5, 0.6) is 5.88 Å². The van der Waals surface area contributed by atoms with Crippen LogP contribution in [-0.4, -0.2) is 55.5 Å². The summed E-state index contributed by atoms with van der Waals surface area (Å²) in [5.74, 6) is 0.510. The number of aliphatic hydroxyl groups excluding tert-OH is 1. The van der Waals surface area contributed by atoms with Crippen molar-refractivity contribution in [3.05, 3.63) is 46.7 Å². The van der Waals surface area contributed by atoms with Crippen molar-refractivity contribution in [1.82, 2.24) is 9.97 Å². The largest absolute Gasteiger partial charge is 0.474 e. The third-order valence-electron chi connectivity index (χ3n) is 5.83. The quantitative estimate of drug-likeness (QED) is 0.508. The molecule has 1 fully saturated rings. The maximum Gasteiger partial charge on any atom is 0.333 e. The highest BCUT2D eigenvalue weighted by atomic mass is 35.5. The minimum atomic E-state index is -4.06. The molecule has 2 aromatic rings. The van der Waals surface area contributed by atoms with Crippen LogP contribution in [0.3, 0.4) is 0 Å². The fourth-order valence-corrected chi connectivity index (χ4v) is 4.86. The van der Waals surface area contributed by atoms with Crippen LogP contribution < -0.4 is 15.2 Å². The Bertz CT molecular complexity index is 1070. The van der Waals surface area contributed by atoms with Gasteiger partial charge in [0.1, 0.15) is 18.2 Å². The summed E-state index contributed by atoms with van der Waals surface area (Å²) in [6.07, 6.45) is 1.69. The Kier molecular flexibility index (Phi) is 6.84. The molecule has 10 nitrogen and oxygen atoms in total. The fraction of sp³-hybridized carbons (Fsp3) is 0.500. The van der Waals surface area contributed by atoms with Crippen LogP contribution in [0.15, 0.2) is 30.6 Å². The maximum atomic E-state index is 11.0. The topological polar surface area (TPSA) is 146 Å². The number of ether oxygens (including phenoxy) is 2. The van der Waals surface area contributed by atoms with Crippen molar-refractivity contribution >= 4 is 27.7 Å². The van der Waals surface area contributed by atoms with Crippen LogP contribution in [0, 0.1) is 5.92 Å². The molecule has 4 N–H and O–H groups in total. The van der Waals surface area contributed by atoms with Gasteiger partial charge in [-0.15, -0.1) is 0 Å². The molecule has 0 bridgehead atoms. The zero-order chi connectivity index (χ0) is 22.9. The van der Waals surface area contributed by atoms with E-state index in [-0.39, 0.29) is 24.9 Å². The minimum Gasteiger partial charge on any atom is -0.474 e. The average Bonchev–Trinajstić information content (AvgIpc) is 3.25. The van der Waals surface area contributed by atoms with Gasteiger partial charge in [-0.3, -0.25) is 4.18 Å². The van der Waals surface area contributed by atoms with Gasteiger partial charge in [0.05, 0.1) is 24.9 Å². The van der Waals surface area contributed by atoms with E-state index in [1.54, 1.807) is 13.2 Å². The molecule has 2 aliphatic carbocycles. The third-order valence-corrected chi connectivity index (χ3v) is 6.53. The highest BCUT2D eigenvalue weighted by molar-refractivity contribution is 7.84. The second-order valence-corrected chi connectivity index (χ2v) is 9.66. The normalized spacial score (nSPS) is 27.3. The molecule has 4 rings (SSSR count). The van der Waals surface area contributed by atoms with E-state index in [0.717, 1.165) is 17.5 Å². The summed E-state index contributed by atoms with van der Waals surface area (Å²) in [6.45, 7) is -0.194. The van der Waals surface area contributed by atoms with E-state index in [1.807, 2.05) is 18.2 Å². The van der Waals surface area contributed by atoms with Crippen molar-refractivity contribution in [3.8, 4) is 5.88 Å². The van der Waals surface area contributed by atoms with Crippen LogP contribution in [-0.2, 0) is 25.6 Å². The number of hydrogen-bond donors (Lipinski definition) is 3. The van der Waals surface area contributed by atoms with Gasteiger partial charge >= 0.3 is 10.3 Å². The van der Waals surface area contributed by atoms with Gasteiger partial charge in [0, 0.05) is 37.0 Å². The number of halogens is 1. The molecule has 1 aromatic carbocycles. The van der Waals surface area contributed by atoms with E-state index in [1.165, 1.54) is 6.33 Å². The Labute approximate surface area is 191 Å². The van der Waals surface area contributed by atoms with Crippen molar-refractivity contribution in [2.24, 2.45) is 11.1 Å². The van der Waals surface area contributed by atoms with Gasteiger partial charge < -0.3 is 19.9 Å². The molecule has 32 heavy (non-hydrogen) atoms. The second-order valence-electron chi connectivity index (χ2n) is 8.00. The van der Waals surface area contributed by atoms with Gasteiger partial charge in [-0.05, 0) is 29.7 Å². The molecule has 0 spiro atoms. The molecule has 174 valence electrons. The Hall–Kier alpha value is -2.02. The molecule has 0 amide bonds. The smallest absolute Gasteiger partial charge is 0.333 e. The van der Waals surface area contributed by atoms with Crippen LogP contribution in [0.1, 0.15) is 30.0 Å². The summed E-state index contributed by atoms with van der Waals surface area (Å²) in [5, 5.41) is 19.1. The molecule has 0 saturated heterocycles. The van der Waals surface area contributed by atoms with E-state index >= 15 is 0 Å². The average molecular weight is 485 g/mol. The molecule has 0 radical (unpaired) electrons. The molecular weight excluding hydrogens is 460 g/mol. The Balaban J connectivity index is 1.41. The molecule has 5 atom stereocenters. The van der Waals surface area contributed by atoms with E-state index in [2.05, 4.69) is 19.5 Å². The lowest BCUT2D eigenvalue weighted by Gasteiger charge is -2.21. The number of aliphatic hydroxyl groups is 1. The van der Waals surface area contributed by atoms with Crippen LogP contribution in [0.25, 0.3) is 0 Å². The number of aromatic nitrogens is 2. The van der Waals surface area contributed by atoms with E-state index in [9.17, 15) is 13.5 Å². The van der Waals surface area contributed by atoms with Crippen molar-refractivity contribution in [1.29, 1.82) is 0 Å². The van der Waals surface area contributed by atoms with Gasteiger partial charge in [-0.25, -0.2) is 15.1 Å². The molecule has 1 heterocycles. The number of rotatable bonds is 8. The lowest BCUT2D eigenvalue weighted by molar-refractivity contribution is 0.0958. The fourth-order valence-electron chi connectivity index (χ4n) is 4.30. The van der Waals surface area contributed by atoms with Crippen molar-refractivity contribution in [2.45, 2.75) is 43.6 Å². The summed E-state index contributed by atoms with van der Waals surface area (Å²) in [6, 6.07) is 7.35. The molecule has 2 aliphatic rings. The first-order valence-corrected chi connectivity index (χ1v) is 12.0. The number of nitrogens with two attached hydrogens (primary N) is 1. The monoisotopic (exact) mass is 484 g/mol. The zero-order valence-corrected chi connectivity index (χ0v) is 18.9. The summed E-state index contributed by atoms with van der Waals surface area (Å²) >= 11 is 6.13. The van der Waals surface area contributed by atoms with Gasteiger partial charge in [0.25, 0.3) is 0 Å². The van der Waals surface area contributed by atoms with E-state index in [4.69, 9.17) is 26.2 Å². The van der Waals surface area contributed by atoms with E-state index in [0.29, 0.717) is 29.6 Å². The minimum absolute atomic E-state index is 0.0765. The summed E-state index contributed by atoms with van der Waals surface area (Å²) < 4.78 is 38.2. The first kappa shape index (κ1) is 23.1. The first-order valence-electron chi connectivity index (χ1n) is 10.1. The van der Waals surface area contributed by atoms with Crippen molar-refractivity contribution < 1.29 is 27.2 Å². The van der Waals surface area contributed by atoms with Crippen LogP contribution in [0.4, 0.5) is 5.82 Å². The number of nitrogens with one attached hydrogen (secondary N) is 1. The molecular formula is C20H25ClN4O6S. The van der Waals surface area contributed by atoms with Gasteiger partial charge in [0.15, 0.2) is 0 Å². The molecule has 0 aliphatic heterocycles. The lowest BCUT2D eigenvalue weighted by Crippen LogP contribution is -2.24. The zero-order valence-electron chi connectivity index (χ0n) is 17.3. The number of methoxy groups -OCH3 is 1.